The molecule has 0 radical (unpaired) electrons. The topological polar surface area (TPSA) is 79.5 Å². The van der Waals surface area contributed by atoms with Gasteiger partial charge in [-0.2, -0.15) is 0 Å². The van der Waals surface area contributed by atoms with Crippen LogP contribution in [0.15, 0.2) is 42.7 Å². The Bertz CT molecular complexity index is 584. The van der Waals surface area contributed by atoms with Crippen molar-refractivity contribution >= 4 is 17.3 Å². The number of pyridine rings is 1. The number of anilines is 2. The number of nitrogens with two attached hydrogens (primary N) is 1. The Kier molecular flexibility index (Phi) is 3.66. The van der Waals surface area contributed by atoms with Crippen molar-refractivity contribution in [2.24, 2.45) is 0 Å². The number of phenols is 1. The maximum atomic E-state index is 12.5. The van der Waals surface area contributed by atoms with Crippen LogP contribution in [0.5, 0.6) is 5.75 Å². The van der Waals surface area contributed by atoms with Gasteiger partial charge < -0.3 is 15.7 Å². The van der Waals surface area contributed by atoms with Crippen LogP contribution >= 0.6 is 0 Å². The van der Waals surface area contributed by atoms with E-state index in [-0.39, 0.29) is 11.7 Å². The number of hydrogen-bond acceptors (Lipinski definition) is 4. The van der Waals surface area contributed by atoms with Crippen LogP contribution in [-0.2, 0) is 0 Å². The first kappa shape index (κ1) is 12.9. The van der Waals surface area contributed by atoms with Crippen LogP contribution < -0.4 is 10.6 Å². The summed E-state index contributed by atoms with van der Waals surface area (Å²) in [5, 5.41) is 9.48. The van der Waals surface area contributed by atoms with Gasteiger partial charge in [-0.25, -0.2) is 0 Å². The largest absolute Gasteiger partial charge is 0.508 e. The van der Waals surface area contributed by atoms with E-state index in [4.69, 9.17) is 5.73 Å². The van der Waals surface area contributed by atoms with Crippen molar-refractivity contribution in [3.8, 4) is 5.75 Å². The Hall–Kier alpha value is -2.56. The number of nitrogens with zero attached hydrogens (tertiary/aromatic N) is 2. The number of carbonyl (C=O) groups excluding carboxylic acids is 1. The zero-order valence-corrected chi connectivity index (χ0v) is 10.6. The molecule has 0 aliphatic carbocycles. The summed E-state index contributed by atoms with van der Waals surface area (Å²) < 4.78 is 0. The Labute approximate surface area is 111 Å². The molecule has 1 heterocycles. The summed E-state index contributed by atoms with van der Waals surface area (Å²) >= 11 is 0. The highest BCUT2D eigenvalue weighted by molar-refractivity contribution is 6.09. The van der Waals surface area contributed by atoms with Crippen molar-refractivity contribution in [3.05, 3.63) is 48.3 Å². The molecule has 3 N–H and O–H groups in total. The van der Waals surface area contributed by atoms with Gasteiger partial charge in [0.1, 0.15) is 5.75 Å². The van der Waals surface area contributed by atoms with Gasteiger partial charge in [-0.15, -0.1) is 0 Å². The van der Waals surface area contributed by atoms with Crippen molar-refractivity contribution in [2.75, 3.05) is 17.2 Å². The third-order valence-electron chi connectivity index (χ3n) is 2.80. The van der Waals surface area contributed by atoms with Crippen LogP contribution in [0.25, 0.3) is 0 Å². The fourth-order valence-corrected chi connectivity index (χ4v) is 1.84. The molecule has 0 aliphatic rings. The second-order valence-electron chi connectivity index (χ2n) is 4.03. The molecule has 0 spiro atoms. The van der Waals surface area contributed by atoms with Gasteiger partial charge in [-0.3, -0.25) is 9.78 Å². The summed E-state index contributed by atoms with van der Waals surface area (Å²) in [6, 6.07) is 7.85. The minimum atomic E-state index is -0.248. The van der Waals surface area contributed by atoms with Gasteiger partial charge in [0, 0.05) is 30.3 Å². The quantitative estimate of drug-likeness (QED) is 0.651. The van der Waals surface area contributed by atoms with Crippen LogP contribution in [0.3, 0.4) is 0 Å². The van der Waals surface area contributed by atoms with Crippen LogP contribution in [0.1, 0.15) is 17.3 Å². The van der Waals surface area contributed by atoms with Crippen molar-refractivity contribution in [2.45, 2.75) is 6.92 Å². The SMILES string of the molecule is CCN(C(=O)c1cc(O)ccc1N)c1ccncc1. The van der Waals surface area contributed by atoms with Crippen molar-refractivity contribution < 1.29 is 9.90 Å². The standard InChI is InChI=1S/C14H15N3O2/c1-2-17(10-5-7-16-8-6-10)14(19)12-9-11(18)3-4-13(12)15/h3-9,18H,2,15H2,1H3. The molecule has 0 aliphatic heterocycles. The average Bonchev–Trinajstić information content (AvgIpc) is 2.43. The minimum Gasteiger partial charge on any atom is -0.508 e. The number of rotatable bonds is 3. The molecule has 98 valence electrons. The molecular formula is C14H15N3O2. The molecular weight excluding hydrogens is 242 g/mol. The number of hydrogen-bond donors (Lipinski definition) is 2. The molecule has 1 aromatic carbocycles. The van der Waals surface area contributed by atoms with Gasteiger partial charge in [0.2, 0.25) is 0 Å². The smallest absolute Gasteiger partial charge is 0.260 e. The zero-order valence-electron chi connectivity index (χ0n) is 10.6. The van der Waals surface area contributed by atoms with Gasteiger partial charge in [-0.1, -0.05) is 0 Å². The second-order valence-corrected chi connectivity index (χ2v) is 4.03. The Morgan fingerprint density at radius 2 is 2.00 bits per heavy atom. The molecule has 0 unspecified atom stereocenters. The molecule has 1 aromatic heterocycles. The fraction of sp³-hybridized carbons (Fsp3) is 0.143. The maximum Gasteiger partial charge on any atom is 0.260 e. The van der Waals surface area contributed by atoms with Crippen molar-refractivity contribution in [1.82, 2.24) is 4.98 Å². The molecule has 2 rings (SSSR count). The highest BCUT2D eigenvalue weighted by Crippen LogP contribution is 2.23. The monoisotopic (exact) mass is 257 g/mol. The summed E-state index contributed by atoms with van der Waals surface area (Å²) in [6.07, 6.45) is 3.24. The van der Waals surface area contributed by atoms with Crippen molar-refractivity contribution in [3.63, 3.8) is 0 Å². The van der Waals surface area contributed by atoms with E-state index in [9.17, 15) is 9.90 Å². The molecule has 0 saturated heterocycles. The zero-order chi connectivity index (χ0) is 13.8. The fourth-order valence-electron chi connectivity index (χ4n) is 1.84. The van der Waals surface area contributed by atoms with E-state index in [0.717, 1.165) is 5.69 Å². The van der Waals surface area contributed by atoms with E-state index in [1.54, 1.807) is 29.4 Å². The Balaban J connectivity index is 2.39. The predicted molar refractivity (Wildman–Crippen MR) is 74.1 cm³/mol. The van der Waals surface area contributed by atoms with Crippen LogP contribution in [-0.4, -0.2) is 22.5 Å². The lowest BCUT2D eigenvalue weighted by Crippen LogP contribution is -2.31. The molecule has 19 heavy (non-hydrogen) atoms. The third-order valence-corrected chi connectivity index (χ3v) is 2.80. The number of amides is 1. The number of carbonyl (C=O) groups is 1. The number of benzene rings is 1. The summed E-state index contributed by atoms with van der Waals surface area (Å²) in [5.74, 6) is -0.231. The first-order valence-corrected chi connectivity index (χ1v) is 5.94. The van der Waals surface area contributed by atoms with Crippen LogP contribution in [0.2, 0.25) is 0 Å². The molecule has 0 fully saturated rings. The number of nitrogen functional groups attached to an aromatic ring is 1. The van der Waals surface area contributed by atoms with Gasteiger partial charge in [0.15, 0.2) is 0 Å². The normalized spacial score (nSPS) is 10.2. The summed E-state index contributed by atoms with van der Waals surface area (Å²) in [6.45, 7) is 2.37. The first-order chi connectivity index (χ1) is 9.13. The lowest BCUT2D eigenvalue weighted by molar-refractivity contribution is 0.0989. The molecule has 5 nitrogen and oxygen atoms in total. The first-order valence-electron chi connectivity index (χ1n) is 5.94. The van der Waals surface area contributed by atoms with Crippen molar-refractivity contribution in [1.29, 1.82) is 0 Å². The van der Waals surface area contributed by atoms with E-state index in [0.29, 0.717) is 17.8 Å². The Morgan fingerprint density at radius 1 is 1.32 bits per heavy atom. The minimum absolute atomic E-state index is 0.0170. The summed E-state index contributed by atoms with van der Waals surface area (Å²) in [5.41, 5.74) is 7.16. The lowest BCUT2D eigenvalue weighted by Gasteiger charge is -2.21. The van der Waals surface area contributed by atoms with Gasteiger partial charge in [0.05, 0.1) is 5.56 Å². The van der Waals surface area contributed by atoms with E-state index in [1.807, 2.05) is 6.92 Å². The average molecular weight is 257 g/mol. The molecule has 2 aromatic rings. The van der Waals surface area contributed by atoms with Gasteiger partial charge >= 0.3 is 0 Å². The van der Waals surface area contributed by atoms with E-state index >= 15 is 0 Å². The molecule has 0 bridgehead atoms. The number of phenolic OH excluding ortho intramolecular Hbond substituents is 1. The summed E-state index contributed by atoms with van der Waals surface area (Å²) in [4.78, 5) is 18.0. The van der Waals surface area contributed by atoms with E-state index in [1.165, 1.54) is 18.2 Å². The van der Waals surface area contributed by atoms with E-state index < -0.39 is 0 Å². The predicted octanol–water partition coefficient (Wildman–Crippen LogP) is 2.04. The highest BCUT2D eigenvalue weighted by atomic mass is 16.3. The van der Waals surface area contributed by atoms with Gasteiger partial charge in [-0.05, 0) is 37.3 Å². The molecule has 0 atom stereocenters. The molecule has 0 saturated carbocycles. The van der Waals surface area contributed by atoms with E-state index in [2.05, 4.69) is 4.98 Å². The highest BCUT2D eigenvalue weighted by Gasteiger charge is 2.18. The number of aromatic nitrogens is 1. The maximum absolute atomic E-state index is 12.5. The third kappa shape index (κ3) is 2.65. The number of aromatic hydroxyl groups is 1. The second kappa shape index (κ2) is 5.39. The Morgan fingerprint density at radius 3 is 2.63 bits per heavy atom. The molecule has 1 amide bonds. The van der Waals surface area contributed by atoms with Crippen LogP contribution in [0, 0.1) is 0 Å². The van der Waals surface area contributed by atoms with Crippen LogP contribution in [0.4, 0.5) is 11.4 Å². The molecule has 5 heteroatoms. The van der Waals surface area contributed by atoms with Gasteiger partial charge in [0.25, 0.3) is 5.91 Å². The summed E-state index contributed by atoms with van der Waals surface area (Å²) in [7, 11) is 0. The lowest BCUT2D eigenvalue weighted by atomic mass is 10.1.